The maximum Gasteiger partial charge on any atom is 0.322 e. The van der Waals surface area contributed by atoms with Crippen LogP contribution in [0.1, 0.15) is 17.0 Å². The molecule has 0 unspecified atom stereocenters. The average Bonchev–Trinajstić information content (AvgIpc) is 3.02. The quantitative estimate of drug-likeness (QED) is 0.780. The molecular formula is C18H19N5O2. The number of benzene rings is 1. The van der Waals surface area contributed by atoms with Crippen molar-refractivity contribution in [3.05, 3.63) is 53.5 Å². The zero-order chi connectivity index (χ0) is 17.4. The smallest absolute Gasteiger partial charge is 0.322 e. The predicted molar refractivity (Wildman–Crippen MR) is 93.9 cm³/mol. The fourth-order valence-electron chi connectivity index (χ4n) is 3.17. The third-order valence-electron chi connectivity index (χ3n) is 4.41. The molecule has 0 radical (unpaired) electrons. The van der Waals surface area contributed by atoms with Crippen molar-refractivity contribution in [1.82, 2.24) is 19.5 Å². The second-order valence-electron chi connectivity index (χ2n) is 6.09. The number of aryl methyl sites for hydroxylation is 1. The lowest BCUT2D eigenvalue weighted by Gasteiger charge is -2.29. The summed E-state index contributed by atoms with van der Waals surface area (Å²) in [7, 11) is 1.59. The van der Waals surface area contributed by atoms with Crippen molar-refractivity contribution in [3.63, 3.8) is 0 Å². The summed E-state index contributed by atoms with van der Waals surface area (Å²) >= 11 is 0. The van der Waals surface area contributed by atoms with Crippen LogP contribution in [0.25, 0.3) is 5.65 Å². The highest BCUT2D eigenvalue weighted by Crippen LogP contribution is 2.25. The number of hydrogen-bond acceptors (Lipinski definition) is 4. The van der Waals surface area contributed by atoms with E-state index in [0.717, 1.165) is 29.0 Å². The van der Waals surface area contributed by atoms with Crippen molar-refractivity contribution in [1.29, 1.82) is 0 Å². The molecule has 2 amide bonds. The monoisotopic (exact) mass is 337 g/mol. The van der Waals surface area contributed by atoms with Crippen LogP contribution in [0.5, 0.6) is 5.75 Å². The van der Waals surface area contributed by atoms with Gasteiger partial charge in [-0.25, -0.2) is 14.3 Å². The topological polar surface area (TPSA) is 71.8 Å². The highest BCUT2D eigenvalue weighted by atomic mass is 16.5. The number of methoxy groups -OCH3 is 1. The van der Waals surface area contributed by atoms with E-state index < -0.39 is 0 Å². The number of carbonyl (C=O) groups is 1. The molecule has 2 aromatic heterocycles. The molecule has 1 aliphatic rings. The van der Waals surface area contributed by atoms with Gasteiger partial charge in [-0.3, -0.25) is 0 Å². The van der Waals surface area contributed by atoms with E-state index in [1.54, 1.807) is 12.0 Å². The Morgan fingerprint density at radius 3 is 3.00 bits per heavy atom. The van der Waals surface area contributed by atoms with E-state index in [1.165, 1.54) is 0 Å². The van der Waals surface area contributed by atoms with Crippen LogP contribution in [0.3, 0.4) is 0 Å². The number of para-hydroxylation sites is 2. The van der Waals surface area contributed by atoms with Crippen molar-refractivity contribution >= 4 is 17.4 Å². The summed E-state index contributed by atoms with van der Waals surface area (Å²) in [4.78, 5) is 18.8. The summed E-state index contributed by atoms with van der Waals surface area (Å²) in [5, 5.41) is 7.43. The number of rotatable bonds is 2. The van der Waals surface area contributed by atoms with E-state index in [1.807, 2.05) is 48.0 Å². The second kappa shape index (κ2) is 6.08. The van der Waals surface area contributed by atoms with Crippen molar-refractivity contribution in [2.45, 2.75) is 19.9 Å². The normalized spacial score (nSPS) is 13.6. The summed E-state index contributed by atoms with van der Waals surface area (Å²) in [6.45, 7) is 3.10. The number of urea groups is 1. The van der Waals surface area contributed by atoms with Gasteiger partial charge in [0.2, 0.25) is 0 Å². The molecule has 0 spiro atoms. The lowest BCUT2D eigenvalue weighted by atomic mass is 10.1. The van der Waals surface area contributed by atoms with Gasteiger partial charge in [0.05, 0.1) is 30.7 Å². The lowest BCUT2D eigenvalue weighted by Crippen LogP contribution is -2.39. The van der Waals surface area contributed by atoms with E-state index in [2.05, 4.69) is 15.4 Å². The largest absolute Gasteiger partial charge is 0.495 e. The average molecular weight is 337 g/mol. The Kier molecular flexibility index (Phi) is 3.76. The van der Waals surface area contributed by atoms with E-state index in [-0.39, 0.29) is 6.03 Å². The second-order valence-corrected chi connectivity index (χ2v) is 6.09. The molecule has 0 saturated carbocycles. The minimum absolute atomic E-state index is 0.146. The minimum atomic E-state index is -0.146. The van der Waals surface area contributed by atoms with Gasteiger partial charge < -0.3 is 15.0 Å². The van der Waals surface area contributed by atoms with Crippen molar-refractivity contribution in [2.75, 3.05) is 19.0 Å². The fourth-order valence-corrected chi connectivity index (χ4v) is 3.17. The standard InChI is InChI=1S/C18H19N5O2/c1-12-9-17-19-10-13-11-22(8-7-15(13)23(17)21-12)18(24)20-14-5-3-4-6-16(14)25-2/h3-6,9-10H,7-8,11H2,1-2H3,(H,20,24). The summed E-state index contributed by atoms with van der Waals surface area (Å²) in [6, 6.07) is 9.19. The van der Waals surface area contributed by atoms with Crippen molar-refractivity contribution in [3.8, 4) is 5.75 Å². The Hall–Kier alpha value is -3.09. The first-order valence-electron chi connectivity index (χ1n) is 8.18. The van der Waals surface area contributed by atoms with Crippen molar-refractivity contribution < 1.29 is 9.53 Å². The van der Waals surface area contributed by atoms with Crippen LogP contribution in [0, 0.1) is 6.92 Å². The molecule has 4 rings (SSSR count). The summed E-state index contributed by atoms with van der Waals surface area (Å²) < 4.78 is 7.17. The highest BCUT2D eigenvalue weighted by molar-refractivity contribution is 5.91. The molecule has 25 heavy (non-hydrogen) atoms. The molecule has 0 aliphatic carbocycles. The number of fused-ring (bicyclic) bond motifs is 3. The summed E-state index contributed by atoms with van der Waals surface area (Å²) in [5.74, 6) is 0.642. The molecule has 7 heteroatoms. The summed E-state index contributed by atoms with van der Waals surface area (Å²) in [6.07, 6.45) is 2.59. The van der Waals surface area contributed by atoms with E-state index >= 15 is 0 Å². The maximum atomic E-state index is 12.6. The van der Waals surface area contributed by atoms with Crippen LogP contribution in [0.4, 0.5) is 10.5 Å². The molecule has 0 atom stereocenters. The molecule has 1 N–H and O–H groups in total. The lowest BCUT2D eigenvalue weighted by molar-refractivity contribution is 0.205. The van der Waals surface area contributed by atoms with Crippen LogP contribution in [0.2, 0.25) is 0 Å². The first-order valence-corrected chi connectivity index (χ1v) is 8.18. The highest BCUT2D eigenvalue weighted by Gasteiger charge is 2.24. The minimum Gasteiger partial charge on any atom is -0.495 e. The van der Waals surface area contributed by atoms with Gasteiger partial charge in [-0.15, -0.1) is 0 Å². The molecule has 1 aliphatic heterocycles. The fraction of sp³-hybridized carbons (Fsp3) is 0.278. The third kappa shape index (κ3) is 2.77. The van der Waals surface area contributed by atoms with Gasteiger partial charge in [-0.05, 0) is 19.1 Å². The number of aromatic nitrogens is 3. The number of nitrogens with zero attached hydrogens (tertiary/aromatic N) is 4. The van der Waals surface area contributed by atoms with Gasteiger partial charge in [0.15, 0.2) is 5.65 Å². The molecule has 1 aromatic carbocycles. The Morgan fingerprint density at radius 1 is 1.32 bits per heavy atom. The van der Waals surface area contributed by atoms with E-state index in [4.69, 9.17) is 4.74 Å². The predicted octanol–water partition coefficient (Wildman–Crippen LogP) is 2.64. The first kappa shape index (κ1) is 15.4. The SMILES string of the molecule is COc1ccccc1NC(=O)N1CCc2c(cnc3cc(C)nn23)C1. The summed E-state index contributed by atoms with van der Waals surface area (Å²) in [5.41, 5.74) is 4.61. The Bertz CT molecular complexity index is 950. The number of nitrogens with one attached hydrogen (secondary N) is 1. The molecule has 0 saturated heterocycles. The van der Waals surface area contributed by atoms with Gasteiger partial charge in [-0.1, -0.05) is 12.1 Å². The van der Waals surface area contributed by atoms with Crippen LogP contribution in [0.15, 0.2) is 36.5 Å². The van der Waals surface area contributed by atoms with Gasteiger partial charge in [0, 0.05) is 30.8 Å². The Labute approximate surface area is 145 Å². The Morgan fingerprint density at radius 2 is 2.16 bits per heavy atom. The van der Waals surface area contributed by atoms with Gasteiger partial charge in [0.25, 0.3) is 0 Å². The third-order valence-corrected chi connectivity index (χ3v) is 4.41. The maximum absolute atomic E-state index is 12.6. The van der Waals surface area contributed by atoms with Crippen LogP contribution in [-0.2, 0) is 13.0 Å². The Balaban J connectivity index is 1.56. The number of amides is 2. The van der Waals surface area contributed by atoms with Crippen molar-refractivity contribution in [2.24, 2.45) is 0 Å². The number of carbonyl (C=O) groups excluding carboxylic acids is 1. The molecule has 3 aromatic rings. The van der Waals surface area contributed by atoms with Gasteiger partial charge in [-0.2, -0.15) is 5.10 Å². The number of hydrogen-bond donors (Lipinski definition) is 1. The van der Waals surface area contributed by atoms with Gasteiger partial charge in [0.1, 0.15) is 5.75 Å². The molecule has 0 bridgehead atoms. The van der Waals surface area contributed by atoms with E-state index in [0.29, 0.717) is 24.5 Å². The zero-order valence-electron chi connectivity index (χ0n) is 14.2. The molecule has 128 valence electrons. The van der Waals surface area contributed by atoms with Crippen LogP contribution >= 0.6 is 0 Å². The van der Waals surface area contributed by atoms with Gasteiger partial charge >= 0.3 is 6.03 Å². The zero-order valence-corrected chi connectivity index (χ0v) is 14.2. The number of anilines is 1. The molecular weight excluding hydrogens is 318 g/mol. The van der Waals surface area contributed by atoms with E-state index in [9.17, 15) is 4.79 Å². The number of ether oxygens (including phenoxy) is 1. The molecule has 3 heterocycles. The van der Waals surface area contributed by atoms with Crippen LogP contribution < -0.4 is 10.1 Å². The van der Waals surface area contributed by atoms with Crippen LogP contribution in [-0.4, -0.2) is 39.2 Å². The molecule has 7 nitrogen and oxygen atoms in total. The first-order chi connectivity index (χ1) is 12.2. The molecule has 0 fully saturated rings.